The predicted molar refractivity (Wildman–Crippen MR) is 49.9 cm³/mol. The third-order valence-electron chi connectivity index (χ3n) is 1.29. The highest BCUT2D eigenvalue weighted by molar-refractivity contribution is 9.11. The fourth-order valence-corrected chi connectivity index (χ4v) is 1.02. The molecule has 0 amide bonds. The van der Waals surface area contributed by atoms with Crippen LogP contribution in [0.5, 0.6) is 0 Å². The van der Waals surface area contributed by atoms with Crippen molar-refractivity contribution < 1.29 is 9.31 Å². The van der Waals surface area contributed by atoms with Crippen LogP contribution in [0.25, 0.3) is 6.08 Å². The van der Waals surface area contributed by atoms with E-state index in [9.17, 15) is 14.5 Å². The van der Waals surface area contributed by atoms with Crippen LogP contribution >= 0.6 is 15.9 Å². The van der Waals surface area contributed by atoms with Gasteiger partial charge in [-0.05, 0) is 39.7 Å². The van der Waals surface area contributed by atoms with E-state index < -0.39 is 9.66 Å². The van der Waals surface area contributed by atoms with Gasteiger partial charge in [-0.3, -0.25) is 10.1 Å². The number of halogens is 2. The lowest BCUT2D eigenvalue weighted by molar-refractivity contribution is -0.385. The standard InChI is InChI=1S/C8H4BrFNO2/c9-8(10)5-6-1-3-7(4-2-6)11(12)13/h1-3,5H. The van der Waals surface area contributed by atoms with Gasteiger partial charge in [-0.15, -0.1) is 0 Å². The molecule has 0 atom stereocenters. The van der Waals surface area contributed by atoms with Gasteiger partial charge in [0.05, 0.1) is 11.0 Å². The molecule has 3 nitrogen and oxygen atoms in total. The molecule has 0 aliphatic carbocycles. The van der Waals surface area contributed by atoms with Gasteiger partial charge in [0.2, 0.25) is 0 Å². The summed E-state index contributed by atoms with van der Waals surface area (Å²) >= 11 is 2.61. The predicted octanol–water partition coefficient (Wildman–Crippen LogP) is 3.06. The van der Waals surface area contributed by atoms with Crippen molar-refractivity contribution in [1.82, 2.24) is 0 Å². The molecular formula is C8H4BrFNO2. The summed E-state index contributed by atoms with van der Waals surface area (Å²) in [5.41, 5.74) is 0.382. The Morgan fingerprint density at radius 2 is 2.38 bits per heavy atom. The Labute approximate surface area is 82.2 Å². The zero-order valence-corrected chi connectivity index (χ0v) is 7.92. The molecule has 1 aromatic carbocycles. The van der Waals surface area contributed by atoms with Gasteiger partial charge in [-0.1, -0.05) is 0 Å². The monoisotopic (exact) mass is 244 g/mol. The molecule has 1 aromatic rings. The summed E-state index contributed by atoms with van der Waals surface area (Å²) in [6, 6.07) is 6.46. The first-order valence-electron chi connectivity index (χ1n) is 3.28. The molecular weight excluding hydrogens is 241 g/mol. The Bertz CT molecular complexity index is 344. The Morgan fingerprint density at radius 1 is 1.69 bits per heavy atom. The third-order valence-corrected chi connectivity index (χ3v) is 1.52. The lowest BCUT2D eigenvalue weighted by Gasteiger charge is -1.92. The van der Waals surface area contributed by atoms with E-state index in [0.29, 0.717) is 5.56 Å². The van der Waals surface area contributed by atoms with Gasteiger partial charge < -0.3 is 0 Å². The van der Waals surface area contributed by atoms with E-state index >= 15 is 0 Å². The molecule has 0 saturated carbocycles. The van der Waals surface area contributed by atoms with E-state index in [1.165, 1.54) is 24.3 Å². The Morgan fingerprint density at radius 3 is 2.77 bits per heavy atom. The van der Waals surface area contributed by atoms with E-state index in [-0.39, 0.29) is 5.69 Å². The number of nitrogens with zero attached hydrogens (tertiary/aromatic N) is 1. The topological polar surface area (TPSA) is 43.1 Å². The van der Waals surface area contributed by atoms with Gasteiger partial charge in [0.25, 0.3) is 5.69 Å². The number of hydrogen-bond acceptors (Lipinski definition) is 2. The summed E-state index contributed by atoms with van der Waals surface area (Å²) in [6.45, 7) is 0. The third kappa shape index (κ3) is 2.95. The molecule has 0 bridgehead atoms. The number of benzene rings is 1. The van der Waals surface area contributed by atoms with Crippen LogP contribution in [0.15, 0.2) is 22.9 Å². The number of non-ortho nitro benzene ring substituents is 1. The molecule has 5 heteroatoms. The second-order valence-electron chi connectivity index (χ2n) is 2.20. The highest BCUT2D eigenvalue weighted by Crippen LogP contribution is 2.16. The first kappa shape index (κ1) is 9.85. The summed E-state index contributed by atoms with van der Waals surface area (Å²) < 4.78 is 11.7. The highest BCUT2D eigenvalue weighted by atomic mass is 79.9. The second-order valence-corrected chi connectivity index (χ2v) is 2.96. The van der Waals surface area contributed by atoms with E-state index in [0.717, 1.165) is 0 Å². The van der Waals surface area contributed by atoms with Crippen molar-refractivity contribution in [1.29, 1.82) is 0 Å². The van der Waals surface area contributed by atoms with Crippen molar-refractivity contribution in [2.24, 2.45) is 0 Å². The molecule has 0 heterocycles. The molecule has 0 spiro atoms. The molecule has 0 N–H and O–H groups in total. The first-order chi connectivity index (χ1) is 6.09. The molecule has 67 valence electrons. The van der Waals surface area contributed by atoms with Crippen LogP contribution in [0.2, 0.25) is 0 Å². The molecule has 13 heavy (non-hydrogen) atoms. The van der Waals surface area contributed by atoms with E-state index in [2.05, 4.69) is 22.0 Å². The largest absolute Gasteiger partial charge is 0.277 e. The van der Waals surface area contributed by atoms with Crippen molar-refractivity contribution in [2.45, 2.75) is 0 Å². The maximum Gasteiger partial charge on any atom is 0.277 e. The van der Waals surface area contributed by atoms with Crippen molar-refractivity contribution in [3.63, 3.8) is 0 Å². The lowest BCUT2D eigenvalue weighted by atomic mass is 10.2. The molecule has 0 aliphatic heterocycles. The maximum absolute atomic E-state index is 12.3. The van der Waals surface area contributed by atoms with Crippen molar-refractivity contribution in [2.75, 3.05) is 0 Å². The summed E-state index contributed by atoms with van der Waals surface area (Å²) in [6.07, 6.45) is 1.19. The van der Waals surface area contributed by atoms with Gasteiger partial charge in [0.15, 0.2) is 4.74 Å². The second kappa shape index (κ2) is 4.13. The van der Waals surface area contributed by atoms with E-state index in [1.807, 2.05) is 0 Å². The van der Waals surface area contributed by atoms with Crippen LogP contribution in [-0.4, -0.2) is 4.92 Å². The normalized spacial score (nSPS) is 11.4. The molecule has 0 saturated heterocycles. The van der Waals surface area contributed by atoms with Crippen LogP contribution in [-0.2, 0) is 0 Å². The maximum atomic E-state index is 12.3. The van der Waals surface area contributed by atoms with Gasteiger partial charge >= 0.3 is 0 Å². The lowest BCUT2D eigenvalue weighted by Crippen LogP contribution is -1.87. The van der Waals surface area contributed by atoms with Crippen LogP contribution in [0.4, 0.5) is 10.1 Å². The van der Waals surface area contributed by atoms with Gasteiger partial charge in [0, 0.05) is 6.07 Å². The summed E-state index contributed by atoms with van der Waals surface area (Å²) in [7, 11) is 0. The van der Waals surface area contributed by atoms with Crippen LogP contribution in [0.3, 0.4) is 0 Å². The van der Waals surface area contributed by atoms with Crippen molar-refractivity contribution in [3.8, 4) is 0 Å². The minimum absolute atomic E-state index is 0.132. The van der Waals surface area contributed by atoms with Crippen LogP contribution < -0.4 is 0 Å². The zero-order chi connectivity index (χ0) is 9.84. The molecule has 0 unspecified atom stereocenters. The van der Waals surface area contributed by atoms with Gasteiger partial charge in [0.1, 0.15) is 0 Å². The smallest absolute Gasteiger partial charge is 0.258 e. The van der Waals surface area contributed by atoms with E-state index in [1.54, 1.807) is 0 Å². The Kier molecular flexibility index (Phi) is 3.13. The number of nitro benzene ring substituents is 1. The molecule has 1 radical (unpaired) electrons. The van der Waals surface area contributed by atoms with Crippen molar-refractivity contribution in [3.05, 3.63) is 44.7 Å². The molecule has 1 rings (SSSR count). The fourth-order valence-electron chi connectivity index (χ4n) is 0.758. The summed E-state index contributed by atoms with van der Waals surface area (Å²) in [5.74, 6) is 0. The summed E-state index contributed by atoms with van der Waals surface area (Å²) in [4.78, 5) is 9.65. The van der Waals surface area contributed by atoms with Gasteiger partial charge in [-0.2, -0.15) is 4.39 Å². The molecule has 0 fully saturated rings. The van der Waals surface area contributed by atoms with Crippen molar-refractivity contribution >= 4 is 27.7 Å². The highest BCUT2D eigenvalue weighted by Gasteiger charge is 2.03. The summed E-state index contributed by atoms with van der Waals surface area (Å²) in [5, 5.41) is 10.2. The minimum atomic E-state index is -0.558. The Balaban J connectivity index is 2.94. The quantitative estimate of drug-likeness (QED) is 0.593. The molecule has 0 aliphatic rings. The number of rotatable bonds is 2. The van der Waals surface area contributed by atoms with E-state index in [4.69, 9.17) is 0 Å². The average molecular weight is 245 g/mol. The van der Waals surface area contributed by atoms with Crippen LogP contribution in [0, 0.1) is 16.2 Å². The first-order valence-corrected chi connectivity index (χ1v) is 4.08. The van der Waals surface area contributed by atoms with Crippen LogP contribution in [0.1, 0.15) is 5.56 Å². The Hall–Kier alpha value is -1.23. The number of nitro groups is 1. The zero-order valence-electron chi connectivity index (χ0n) is 6.33. The SMILES string of the molecule is O=[N+]([O-])c1[c]cc(C=C(F)Br)cc1. The average Bonchev–Trinajstić information content (AvgIpc) is 2.04. The molecule has 0 aromatic heterocycles. The fraction of sp³-hybridized carbons (Fsp3) is 0. The van der Waals surface area contributed by atoms with Gasteiger partial charge in [-0.25, -0.2) is 0 Å². The minimum Gasteiger partial charge on any atom is -0.258 e. The number of hydrogen-bond donors (Lipinski definition) is 0.